The van der Waals surface area contributed by atoms with E-state index in [1.165, 1.54) is 18.4 Å². The molecule has 100 valence electrons. The minimum Gasteiger partial charge on any atom is -0.407 e. The van der Waals surface area contributed by atoms with Crippen LogP contribution in [-0.4, -0.2) is 27.8 Å². The lowest BCUT2D eigenvalue weighted by atomic mass is 10.2. The molecule has 6 nitrogen and oxygen atoms in total. The van der Waals surface area contributed by atoms with Crippen molar-refractivity contribution in [3.8, 4) is 0 Å². The van der Waals surface area contributed by atoms with Gasteiger partial charge >= 0.3 is 6.01 Å². The first-order chi connectivity index (χ1) is 9.40. The zero-order valence-electron chi connectivity index (χ0n) is 10.7. The summed E-state index contributed by atoms with van der Waals surface area (Å²) in [7, 11) is 0. The standard InChI is InChI=1S/C13H17N5O/c1-2-10(8-14-6-1)5-7-15-13-18-17-12(19-13)9-16-11-3-4-11/h1-2,6,8,11,16H,3-5,7,9H2,(H,15,18). The summed E-state index contributed by atoms with van der Waals surface area (Å²) in [6, 6.07) is 5.11. The average Bonchev–Trinajstić information content (AvgIpc) is 3.17. The molecule has 0 atom stereocenters. The molecule has 0 bridgehead atoms. The Labute approximate surface area is 111 Å². The van der Waals surface area contributed by atoms with Gasteiger partial charge in [0.2, 0.25) is 5.89 Å². The summed E-state index contributed by atoms with van der Waals surface area (Å²) in [5.41, 5.74) is 1.19. The number of anilines is 1. The highest BCUT2D eigenvalue weighted by molar-refractivity contribution is 5.18. The highest BCUT2D eigenvalue weighted by Gasteiger charge is 2.21. The van der Waals surface area contributed by atoms with E-state index >= 15 is 0 Å². The topological polar surface area (TPSA) is 75.9 Å². The zero-order chi connectivity index (χ0) is 12.9. The molecule has 2 aromatic heterocycles. The van der Waals surface area contributed by atoms with E-state index in [0.29, 0.717) is 24.5 Å². The van der Waals surface area contributed by atoms with Crippen molar-refractivity contribution in [1.82, 2.24) is 20.5 Å². The quantitative estimate of drug-likeness (QED) is 0.782. The number of nitrogens with zero attached hydrogens (tertiary/aromatic N) is 3. The monoisotopic (exact) mass is 259 g/mol. The number of hydrogen-bond acceptors (Lipinski definition) is 6. The molecule has 0 amide bonds. The van der Waals surface area contributed by atoms with Crippen LogP contribution in [0.4, 0.5) is 6.01 Å². The first kappa shape index (κ1) is 12.1. The Bertz CT molecular complexity index is 509. The van der Waals surface area contributed by atoms with Crippen molar-refractivity contribution in [3.63, 3.8) is 0 Å². The molecule has 2 N–H and O–H groups in total. The van der Waals surface area contributed by atoms with Crippen LogP contribution in [0.5, 0.6) is 0 Å². The summed E-state index contributed by atoms with van der Waals surface area (Å²) < 4.78 is 5.49. The summed E-state index contributed by atoms with van der Waals surface area (Å²) in [5, 5.41) is 14.4. The third kappa shape index (κ3) is 3.75. The molecule has 0 unspecified atom stereocenters. The molecular weight excluding hydrogens is 242 g/mol. The zero-order valence-corrected chi connectivity index (χ0v) is 10.7. The number of hydrogen-bond donors (Lipinski definition) is 2. The largest absolute Gasteiger partial charge is 0.407 e. The Kier molecular flexibility index (Phi) is 3.69. The van der Waals surface area contributed by atoms with Crippen molar-refractivity contribution >= 4 is 6.01 Å². The Morgan fingerprint density at radius 2 is 2.26 bits per heavy atom. The van der Waals surface area contributed by atoms with Gasteiger partial charge in [-0.3, -0.25) is 4.98 Å². The lowest BCUT2D eigenvalue weighted by molar-refractivity contribution is 0.476. The molecule has 1 saturated carbocycles. The summed E-state index contributed by atoms with van der Waals surface area (Å²) in [6.45, 7) is 1.41. The summed E-state index contributed by atoms with van der Waals surface area (Å²) in [6.07, 6.45) is 7.02. The van der Waals surface area contributed by atoms with E-state index in [9.17, 15) is 0 Å². The van der Waals surface area contributed by atoms with Gasteiger partial charge in [0.25, 0.3) is 0 Å². The van der Waals surface area contributed by atoms with Gasteiger partial charge in [0, 0.05) is 25.0 Å². The van der Waals surface area contributed by atoms with Crippen LogP contribution in [0, 0.1) is 0 Å². The van der Waals surface area contributed by atoms with Gasteiger partial charge in [-0.1, -0.05) is 11.2 Å². The molecule has 0 spiro atoms. The van der Waals surface area contributed by atoms with Crippen molar-refractivity contribution < 1.29 is 4.42 Å². The minimum absolute atomic E-state index is 0.483. The molecule has 1 aliphatic rings. The summed E-state index contributed by atoms with van der Waals surface area (Å²) >= 11 is 0. The van der Waals surface area contributed by atoms with Crippen molar-refractivity contribution in [1.29, 1.82) is 0 Å². The molecule has 0 saturated heterocycles. The number of aromatic nitrogens is 3. The van der Waals surface area contributed by atoms with E-state index in [1.807, 2.05) is 18.3 Å². The van der Waals surface area contributed by atoms with Crippen molar-refractivity contribution in [2.24, 2.45) is 0 Å². The molecule has 0 aliphatic heterocycles. The van der Waals surface area contributed by atoms with Gasteiger partial charge in [-0.2, -0.15) is 0 Å². The van der Waals surface area contributed by atoms with E-state index < -0.39 is 0 Å². The van der Waals surface area contributed by atoms with Gasteiger partial charge in [-0.25, -0.2) is 0 Å². The van der Waals surface area contributed by atoms with Gasteiger partial charge in [0.1, 0.15) is 0 Å². The normalized spacial score (nSPS) is 14.5. The molecule has 19 heavy (non-hydrogen) atoms. The van der Waals surface area contributed by atoms with E-state index in [-0.39, 0.29) is 0 Å². The molecule has 0 radical (unpaired) electrons. The fourth-order valence-electron chi connectivity index (χ4n) is 1.78. The molecule has 2 aromatic rings. The summed E-state index contributed by atoms with van der Waals surface area (Å²) in [5.74, 6) is 0.635. The highest BCUT2D eigenvalue weighted by atomic mass is 16.4. The van der Waals surface area contributed by atoms with Crippen LogP contribution in [0.15, 0.2) is 28.9 Å². The van der Waals surface area contributed by atoms with E-state index in [0.717, 1.165) is 13.0 Å². The van der Waals surface area contributed by atoms with Crippen molar-refractivity contribution in [2.75, 3.05) is 11.9 Å². The van der Waals surface area contributed by atoms with Gasteiger partial charge in [-0.15, -0.1) is 5.10 Å². The first-order valence-electron chi connectivity index (χ1n) is 6.59. The third-order valence-corrected chi connectivity index (χ3v) is 3.00. The second kappa shape index (κ2) is 5.79. The Morgan fingerprint density at radius 1 is 1.32 bits per heavy atom. The van der Waals surface area contributed by atoms with Crippen LogP contribution in [0.1, 0.15) is 24.3 Å². The second-order valence-electron chi connectivity index (χ2n) is 4.69. The fourth-order valence-corrected chi connectivity index (χ4v) is 1.78. The average molecular weight is 259 g/mol. The molecule has 1 fully saturated rings. The van der Waals surface area contributed by atoms with Gasteiger partial charge < -0.3 is 15.1 Å². The lowest BCUT2D eigenvalue weighted by Crippen LogP contribution is -2.15. The molecular formula is C13H17N5O. The van der Waals surface area contributed by atoms with Gasteiger partial charge in [0.15, 0.2) is 0 Å². The van der Waals surface area contributed by atoms with Crippen molar-refractivity contribution in [3.05, 3.63) is 36.0 Å². The molecule has 6 heteroatoms. The van der Waals surface area contributed by atoms with E-state index in [1.54, 1.807) is 6.20 Å². The maximum Gasteiger partial charge on any atom is 0.315 e. The van der Waals surface area contributed by atoms with E-state index in [2.05, 4.69) is 25.8 Å². The minimum atomic E-state index is 0.483. The van der Waals surface area contributed by atoms with Gasteiger partial charge in [0.05, 0.1) is 6.54 Å². The summed E-state index contributed by atoms with van der Waals surface area (Å²) in [4.78, 5) is 4.07. The SMILES string of the molecule is c1cncc(CCNc2nnc(CNC3CC3)o2)c1. The van der Waals surface area contributed by atoms with Crippen LogP contribution >= 0.6 is 0 Å². The van der Waals surface area contributed by atoms with Crippen LogP contribution in [-0.2, 0) is 13.0 Å². The highest BCUT2D eigenvalue weighted by Crippen LogP contribution is 2.19. The van der Waals surface area contributed by atoms with Gasteiger partial charge in [-0.05, 0) is 30.9 Å². The maximum atomic E-state index is 5.49. The Balaban J connectivity index is 1.42. The lowest BCUT2D eigenvalue weighted by Gasteiger charge is -2.01. The number of pyridine rings is 1. The predicted octanol–water partition coefficient (Wildman–Crippen LogP) is 1.37. The number of nitrogens with one attached hydrogen (secondary N) is 2. The molecule has 3 rings (SSSR count). The maximum absolute atomic E-state index is 5.49. The Hall–Kier alpha value is -1.95. The van der Waals surface area contributed by atoms with Crippen LogP contribution in [0.25, 0.3) is 0 Å². The molecule has 2 heterocycles. The number of rotatable bonds is 7. The Morgan fingerprint density at radius 3 is 3.05 bits per heavy atom. The van der Waals surface area contributed by atoms with E-state index in [4.69, 9.17) is 4.42 Å². The van der Waals surface area contributed by atoms with Crippen LogP contribution in [0.2, 0.25) is 0 Å². The molecule has 0 aromatic carbocycles. The third-order valence-electron chi connectivity index (χ3n) is 3.00. The second-order valence-corrected chi connectivity index (χ2v) is 4.69. The smallest absolute Gasteiger partial charge is 0.315 e. The first-order valence-corrected chi connectivity index (χ1v) is 6.59. The van der Waals surface area contributed by atoms with Crippen molar-refractivity contribution in [2.45, 2.75) is 31.8 Å². The fraction of sp³-hybridized carbons (Fsp3) is 0.462. The molecule has 1 aliphatic carbocycles. The van der Waals surface area contributed by atoms with Crippen LogP contribution in [0.3, 0.4) is 0 Å². The van der Waals surface area contributed by atoms with Crippen LogP contribution < -0.4 is 10.6 Å². The predicted molar refractivity (Wildman–Crippen MR) is 70.6 cm³/mol.